The number of rotatable bonds is 11. The average molecular weight is 596 g/mol. The van der Waals surface area contributed by atoms with Crippen LogP contribution in [0.5, 0.6) is 5.75 Å². The predicted molar refractivity (Wildman–Crippen MR) is 173 cm³/mol. The summed E-state index contributed by atoms with van der Waals surface area (Å²) in [4.78, 5) is 24.7. The molecule has 10 heteroatoms. The van der Waals surface area contributed by atoms with Gasteiger partial charge < -0.3 is 24.6 Å². The fourth-order valence-electron chi connectivity index (χ4n) is 5.43. The molecule has 0 unspecified atom stereocenters. The minimum Gasteiger partial charge on any atom is -0.496 e. The van der Waals surface area contributed by atoms with E-state index in [1.807, 2.05) is 73.0 Å². The number of amides is 1. The molecule has 0 radical (unpaired) electrons. The number of ether oxygens (including phenoxy) is 1. The molecule has 2 N–H and O–H groups in total. The van der Waals surface area contributed by atoms with Crippen molar-refractivity contribution in [1.82, 2.24) is 29.0 Å². The van der Waals surface area contributed by atoms with Gasteiger partial charge in [0.15, 0.2) is 5.65 Å². The second-order valence-corrected chi connectivity index (χ2v) is 11.5. The van der Waals surface area contributed by atoms with Gasteiger partial charge in [-0.3, -0.25) is 4.79 Å². The van der Waals surface area contributed by atoms with Gasteiger partial charge in [0, 0.05) is 56.3 Å². The summed E-state index contributed by atoms with van der Waals surface area (Å²) in [6.07, 6.45) is 4.58. The molecule has 1 amide bonds. The SMILES string of the molecule is CCCN(CC)C(=O)c1cc(-c2c(C)nn3c(NCc4cccc(-c5nccn5C)c4)cc(C(C)(C)O)nc23)ccc1OC. The summed E-state index contributed by atoms with van der Waals surface area (Å²) in [5, 5.41) is 19.4. The van der Waals surface area contributed by atoms with Crippen LogP contribution in [0.1, 0.15) is 61.4 Å². The van der Waals surface area contributed by atoms with E-state index in [4.69, 9.17) is 14.8 Å². The molecule has 0 aliphatic heterocycles. The summed E-state index contributed by atoms with van der Waals surface area (Å²) in [5.41, 5.74) is 4.78. The summed E-state index contributed by atoms with van der Waals surface area (Å²) in [7, 11) is 3.55. The molecule has 0 bridgehead atoms. The summed E-state index contributed by atoms with van der Waals surface area (Å²) in [6, 6.07) is 15.7. The van der Waals surface area contributed by atoms with E-state index in [9.17, 15) is 9.90 Å². The zero-order valence-corrected chi connectivity index (χ0v) is 26.5. The maximum atomic E-state index is 13.6. The summed E-state index contributed by atoms with van der Waals surface area (Å²) in [6.45, 7) is 11.2. The van der Waals surface area contributed by atoms with Gasteiger partial charge in [-0.2, -0.15) is 9.61 Å². The van der Waals surface area contributed by atoms with Gasteiger partial charge in [0.05, 0.1) is 24.1 Å². The number of aromatic nitrogens is 5. The number of carbonyl (C=O) groups is 1. The number of fused-ring (bicyclic) bond motifs is 1. The first-order chi connectivity index (χ1) is 21.0. The largest absolute Gasteiger partial charge is 0.496 e. The molecule has 0 spiro atoms. The maximum Gasteiger partial charge on any atom is 0.257 e. The number of aliphatic hydroxyl groups is 1. The van der Waals surface area contributed by atoms with Crippen LogP contribution in [0.25, 0.3) is 28.2 Å². The number of imidazole rings is 1. The summed E-state index contributed by atoms with van der Waals surface area (Å²) >= 11 is 0. The lowest BCUT2D eigenvalue weighted by Crippen LogP contribution is -2.31. The van der Waals surface area contributed by atoms with Crippen molar-refractivity contribution >= 4 is 17.4 Å². The fourth-order valence-corrected chi connectivity index (χ4v) is 5.43. The molecule has 0 fully saturated rings. The Labute approximate surface area is 258 Å². The first-order valence-corrected chi connectivity index (χ1v) is 15.0. The molecule has 0 aliphatic carbocycles. The summed E-state index contributed by atoms with van der Waals surface area (Å²) < 4.78 is 9.35. The fraction of sp³-hybridized carbons (Fsp3) is 0.353. The predicted octanol–water partition coefficient (Wildman–Crippen LogP) is 5.83. The van der Waals surface area contributed by atoms with Crippen LogP contribution in [-0.4, -0.2) is 60.3 Å². The smallest absolute Gasteiger partial charge is 0.257 e. The van der Waals surface area contributed by atoms with Gasteiger partial charge in [0.2, 0.25) is 0 Å². The molecule has 2 aromatic carbocycles. The lowest BCUT2D eigenvalue weighted by Gasteiger charge is -2.22. The highest BCUT2D eigenvalue weighted by Crippen LogP contribution is 2.34. The normalized spacial score (nSPS) is 11.6. The van der Waals surface area contributed by atoms with Crippen LogP contribution >= 0.6 is 0 Å². The van der Waals surface area contributed by atoms with E-state index in [1.54, 1.807) is 31.7 Å². The molecule has 230 valence electrons. The molecule has 3 aromatic heterocycles. The molecule has 0 saturated carbocycles. The number of hydrogen-bond donors (Lipinski definition) is 2. The average Bonchev–Trinajstić information content (AvgIpc) is 3.59. The summed E-state index contributed by atoms with van der Waals surface area (Å²) in [5.74, 6) is 2.02. The third kappa shape index (κ3) is 6.03. The van der Waals surface area contributed by atoms with Gasteiger partial charge in [-0.25, -0.2) is 9.97 Å². The van der Waals surface area contributed by atoms with Crippen molar-refractivity contribution in [2.24, 2.45) is 7.05 Å². The van der Waals surface area contributed by atoms with Gasteiger partial charge in [0.1, 0.15) is 23.0 Å². The first kappa shape index (κ1) is 30.7. The Morgan fingerprint density at radius 3 is 2.57 bits per heavy atom. The van der Waals surface area contributed by atoms with E-state index in [0.29, 0.717) is 48.1 Å². The molecule has 0 saturated heterocycles. The molecule has 0 atom stereocenters. The van der Waals surface area contributed by atoms with E-state index >= 15 is 0 Å². The third-order valence-corrected chi connectivity index (χ3v) is 7.75. The van der Waals surface area contributed by atoms with Crippen LogP contribution in [0.15, 0.2) is 60.9 Å². The number of carbonyl (C=O) groups excluding carboxylic acids is 1. The van der Waals surface area contributed by atoms with E-state index < -0.39 is 5.60 Å². The molecule has 0 aliphatic rings. The lowest BCUT2D eigenvalue weighted by atomic mass is 10.0. The standard InChI is InChI=1S/C34H41N7O3/c1-8-16-40(9-2)33(42)26-19-24(13-14-27(26)44-7)30-22(3)38-41-29(20-28(34(4,5)43)37-32(30)41)36-21-23-11-10-12-25(18-23)31-35-15-17-39(31)6/h10-15,17-20,36,43H,8-9,16,21H2,1-7H3. The molecule has 3 heterocycles. The zero-order chi connectivity index (χ0) is 31.6. The monoisotopic (exact) mass is 595 g/mol. The second kappa shape index (κ2) is 12.5. The highest BCUT2D eigenvalue weighted by atomic mass is 16.5. The number of nitrogens with one attached hydrogen (secondary N) is 1. The number of methoxy groups -OCH3 is 1. The molecule has 5 rings (SSSR count). The highest BCUT2D eigenvalue weighted by Gasteiger charge is 2.25. The Hall–Kier alpha value is -4.70. The van der Waals surface area contributed by atoms with Crippen molar-refractivity contribution in [3.8, 4) is 28.3 Å². The Morgan fingerprint density at radius 2 is 1.91 bits per heavy atom. The zero-order valence-electron chi connectivity index (χ0n) is 26.5. The Kier molecular flexibility index (Phi) is 8.73. The highest BCUT2D eigenvalue weighted by molar-refractivity contribution is 5.99. The van der Waals surface area contributed by atoms with Gasteiger partial charge in [-0.15, -0.1) is 0 Å². The molecule has 10 nitrogen and oxygen atoms in total. The van der Waals surface area contributed by atoms with Crippen LogP contribution in [-0.2, 0) is 19.2 Å². The van der Waals surface area contributed by atoms with Gasteiger partial charge in [0.25, 0.3) is 5.91 Å². The number of nitrogens with zero attached hydrogens (tertiary/aromatic N) is 6. The third-order valence-electron chi connectivity index (χ3n) is 7.75. The molecular weight excluding hydrogens is 554 g/mol. The first-order valence-electron chi connectivity index (χ1n) is 15.0. The van der Waals surface area contributed by atoms with E-state index in [1.165, 1.54) is 0 Å². The lowest BCUT2D eigenvalue weighted by molar-refractivity contribution is 0.0739. The number of benzene rings is 2. The molecular formula is C34H41N7O3. The van der Waals surface area contributed by atoms with Crippen molar-refractivity contribution in [2.75, 3.05) is 25.5 Å². The van der Waals surface area contributed by atoms with Crippen molar-refractivity contribution < 1.29 is 14.6 Å². The van der Waals surface area contributed by atoms with Gasteiger partial charge >= 0.3 is 0 Å². The van der Waals surface area contributed by atoms with Crippen LogP contribution < -0.4 is 10.1 Å². The van der Waals surface area contributed by atoms with Crippen molar-refractivity contribution in [2.45, 2.75) is 53.2 Å². The van der Waals surface area contributed by atoms with Crippen molar-refractivity contribution in [3.05, 3.63) is 83.4 Å². The van der Waals surface area contributed by atoms with Gasteiger partial charge in [-0.1, -0.05) is 31.2 Å². The Balaban J connectivity index is 1.58. The van der Waals surface area contributed by atoms with Crippen LogP contribution in [0.2, 0.25) is 0 Å². The molecule has 5 aromatic rings. The minimum atomic E-state index is -1.20. The second-order valence-electron chi connectivity index (χ2n) is 11.5. The topological polar surface area (TPSA) is 110 Å². The van der Waals surface area contributed by atoms with Crippen molar-refractivity contribution in [1.29, 1.82) is 0 Å². The van der Waals surface area contributed by atoms with E-state index in [0.717, 1.165) is 40.2 Å². The molecule has 44 heavy (non-hydrogen) atoms. The quantitative estimate of drug-likeness (QED) is 0.198. The van der Waals surface area contributed by atoms with E-state index in [-0.39, 0.29) is 5.91 Å². The number of hydrogen-bond acceptors (Lipinski definition) is 7. The minimum absolute atomic E-state index is 0.0811. The number of anilines is 1. The Bertz CT molecular complexity index is 1800. The Morgan fingerprint density at radius 1 is 1.11 bits per heavy atom. The van der Waals surface area contributed by atoms with Gasteiger partial charge in [-0.05, 0) is 63.4 Å². The van der Waals surface area contributed by atoms with Crippen molar-refractivity contribution in [3.63, 3.8) is 0 Å². The van der Waals surface area contributed by atoms with Crippen LogP contribution in [0.4, 0.5) is 5.82 Å². The number of aryl methyl sites for hydroxylation is 2. The van der Waals surface area contributed by atoms with E-state index in [2.05, 4.69) is 29.4 Å². The van der Waals surface area contributed by atoms with Crippen LogP contribution in [0.3, 0.4) is 0 Å². The van der Waals surface area contributed by atoms with Crippen LogP contribution in [0, 0.1) is 6.92 Å². The maximum absolute atomic E-state index is 13.6.